The highest BCUT2D eigenvalue weighted by atomic mass is 32.2. The Bertz CT molecular complexity index is 1120. The van der Waals surface area contributed by atoms with Crippen molar-refractivity contribution in [3.05, 3.63) is 34.8 Å². The number of aromatic nitrogens is 1. The first kappa shape index (κ1) is 23.8. The molecular weight excluding hydrogens is 481 g/mol. The number of alkyl halides is 3. The van der Waals surface area contributed by atoms with Crippen molar-refractivity contribution in [1.82, 2.24) is 9.88 Å². The van der Waals surface area contributed by atoms with E-state index in [4.69, 9.17) is 4.74 Å². The van der Waals surface area contributed by atoms with Gasteiger partial charge in [-0.2, -0.15) is 13.2 Å². The lowest BCUT2D eigenvalue weighted by Gasteiger charge is -2.36. The molecule has 0 saturated carbocycles. The number of thiazole rings is 1. The van der Waals surface area contributed by atoms with Gasteiger partial charge in [0, 0.05) is 51.2 Å². The van der Waals surface area contributed by atoms with Gasteiger partial charge in [0.1, 0.15) is 4.88 Å². The molecule has 1 aromatic carbocycles. The lowest BCUT2D eigenvalue weighted by molar-refractivity contribution is -0.134. The maximum Gasteiger partial charge on any atom is 0.427 e. The molecule has 0 N–H and O–H groups in total. The van der Waals surface area contributed by atoms with Crippen LogP contribution in [0.3, 0.4) is 0 Å². The first-order valence-electron chi connectivity index (χ1n) is 10.3. The molecule has 4 rings (SSSR count). The highest BCUT2D eigenvalue weighted by Crippen LogP contribution is 2.36. The number of benzene rings is 1. The van der Waals surface area contributed by atoms with E-state index in [2.05, 4.69) is 4.98 Å². The molecule has 2 fully saturated rings. The van der Waals surface area contributed by atoms with Crippen LogP contribution >= 0.6 is 11.3 Å². The fraction of sp³-hybridized carbons (Fsp3) is 0.500. The van der Waals surface area contributed by atoms with Crippen molar-refractivity contribution < 1.29 is 31.1 Å². The minimum atomic E-state index is -4.44. The SMILES string of the molecule is CS(=O)(=O)c1ccc(N2CCOCC2)c(C(=O)N2CCN(c3ncc(C(F)(F)F)s3)CC2)c1. The number of piperazine rings is 1. The van der Waals surface area contributed by atoms with Crippen LogP contribution in [0.25, 0.3) is 0 Å². The molecule has 2 saturated heterocycles. The van der Waals surface area contributed by atoms with E-state index in [0.717, 1.165) is 12.5 Å². The summed E-state index contributed by atoms with van der Waals surface area (Å²) in [5, 5.41) is 0.266. The summed E-state index contributed by atoms with van der Waals surface area (Å²) in [5.74, 6) is -0.309. The highest BCUT2D eigenvalue weighted by Gasteiger charge is 2.35. The topological polar surface area (TPSA) is 83.0 Å². The Hall–Kier alpha value is -2.38. The second-order valence-corrected chi connectivity index (χ2v) is 10.9. The maximum absolute atomic E-state index is 13.4. The summed E-state index contributed by atoms with van der Waals surface area (Å²) in [5.41, 5.74) is 0.940. The van der Waals surface area contributed by atoms with E-state index in [1.807, 2.05) is 4.90 Å². The number of anilines is 2. The Kier molecular flexibility index (Phi) is 6.56. The number of nitrogens with zero attached hydrogens (tertiary/aromatic N) is 4. The molecule has 0 radical (unpaired) electrons. The Balaban J connectivity index is 1.53. The molecule has 1 amide bonds. The van der Waals surface area contributed by atoms with Crippen molar-refractivity contribution in [1.29, 1.82) is 0 Å². The number of morpholine rings is 1. The second-order valence-electron chi connectivity index (χ2n) is 7.83. The first-order chi connectivity index (χ1) is 15.5. The molecule has 2 aliphatic heterocycles. The third-order valence-electron chi connectivity index (χ3n) is 5.59. The first-order valence-corrected chi connectivity index (χ1v) is 13.0. The standard InChI is InChI=1S/C20H23F3N4O4S2/c1-33(29,30)14-2-3-16(25-8-10-31-11-9-25)15(12-14)18(28)26-4-6-27(7-5-26)19-24-13-17(32-19)20(21,22)23/h2-3,12-13H,4-11H2,1H3. The van der Waals surface area contributed by atoms with E-state index in [9.17, 15) is 26.4 Å². The van der Waals surface area contributed by atoms with Crippen molar-refractivity contribution in [3.8, 4) is 0 Å². The van der Waals surface area contributed by atoms with E-state index in [1.54, 1.807) is 15.9 Å². The van der Waals surface area contributed by atoms with E-state index in [1.165, 1.54) is 12.1 Å². The van der Waals surface area contributed by atoms with Gasteiger partial charge in [-0.05, 0) is 18.2 Å². The van der Waals surface area contributed by atoms with Gasteiger partial charge < -0.3 is 19.4 Å². The summed E-state index contributed by atoms with van der Waals surface area (Å²) in [4.78, 5) is 21.9. The largest absolute Gasteiger partial charge is 0.427 e. The Labute approximate surface area is 193 Å². The number of carbonyl (C=O) groups excluding carboxylic acids is 1. The number of hydrogen-bond acceptors (Lipinski definition) is 8. The van der Waals surface area contributed by atoms with Gasteiger partial charge in [-0.1, -0.05) is 11.3 Å². The van der Waals surface area contributed by atoms with Gasteiger partial charge in [0.2, 0.25) is 0 Å². The zero-order valence-corrected chi connectivity index (χ0v) is 19.5. The lowest BCUT2D eigenvalue weighted by atomic mass is 10.1. The van der Waals surface area contributed by atoms with Crippen LogP contribution < -0.4 is 9.80 Å². The number of hydrogen-bond donors (Lipinski definition) is 0. The van der Waals surface area contributed by atoms with E-state index < -0.39 is 20.9 Å². The fourth-order valence-electron chi connectivity index (χ4n) is 3.81. The van der Waals surface area contributed by atoms with Gasteiger partial charge in [0.25, 0.3) is 5.91 Å². The van der Waals surface area contributed by atoms with Crippen LogP contribution in [0.15, 0.2) is 29.3 Å². The van der Waals surface area contributed by atoms with Crippen LogP contribution in [0, 0.1) is 0 Å². The van der Waals surface area contributed by atoms with Crippen molar-refractivity contribution in [2.75, 3.05) is 68.5 Å². The van der Waals surface area contributed by atoms with Crippen molar-refractivity contribution >= 4 is 37.9 Å². The number of halogens is 3. The van der Waals surface area contributed by atoms with Crippen LogP contribution in [-0.4, -0.2) is 82.9 Å². The molecule has 0 bridgehead atoms. The van der Waals surface area contributed by atoms with Gasteiger partial charge in [-0.25, -0.2) is 13.4 Å². The average molecular weight is 505 g/mol. The van der Waals surface area contributed by atoms with Gasteiger partial charge in [0.15, 0.2) is 15.0 Å². The number of amides is 1. The lowest BCUT2D eigenvalue weighted by Crippen LogP contribution is -2.49. The maximum atomic E-state index is 13.4. The Morgan fingerprint density at radius 3 is 2.30 bits per heavy atom. The molecule has 1 aromatic heterocycles. The Morgan fingerprint density at radius 2 is 1.73 bits per heavy atom. The summed E-state index contributed by atoms with van der Waals surface area (Å²) < 4.78 is 68.2. The van der Waals surface area contributed by atoms with Crippen molar-refractivity contribution in [2.45, 2.75) is 11.1 Å². The quantitative estimate of drug-likeness (QED) is 0.632. The molecule has 2 aromatic rings. The number of carbonyl (C=O) groups is 1. The molecule has 13 heteroatoms. The van der Waals surface area contributed by atoms with Crippen LogP contribution in [-0.2, 0) is 20.8 Å². The van der Waals surface area contributed by atoms with Crippen LogP contribution in [0.2, 0.25) is 0 Å². The molecule has 8 nitrogen and oxygen atoms in total. The smallest absolute Gasteiger partial charge is 0.378 e. The van der Waals surface area contributed by atoms with Crippen molar-refractivity contribution in [2.24, 2.45) is 0 Å². The molecule has 3 heterocycles. The molecule has 0 aliphatic carbocycles. The van der Waals surface area contributed by atoms with Crippen LogP contribution in [0.1, 0.15) is 15.2 Å². The molecule has 0 atom stereocenters. The number of rotatable bonds is 4. The average Bonchev–Trinajstić information content (AvgIpc) is 3.29. The molecule has 33 heavy (non-hydrogen) atoms. The van der Waals surface area contributed by atoms with Gasteiger partial charge in [-0.15, -0.1) is 0 Å². The van der Waals surface area contributed by atoms with E-state index in [-0.39, 0.29) is 29.0 Å². The molecule has 2 aliphatic rings. The second kappa shape index (κ2) is 9.11. The highest BCUT2D eigenvalue weighted by molar-refractivity contribution is 7.90. The minimum absolute atomic E-state index is 0.0592. The van der Waals surface area contributed by atoms with Crippen molar-refractivity contribution in [3.63, 3.8) is 0 Å². The van der Waals surface area contributed by atoms with E-state index in [0.29, 0.717) is 62.0 Å². The van der Waals surface area contributed by atoms with Gasteiger partial charge in [0.05, 0.1) is 29.9 Å². The Morgan fingerprint density at radius 1 is 1.06 bits per heavy atom. The summed E-state index contributed by atoms with van der Waals surface area (Å²) in [6.45, 7) is 3.40. The van der Waals surface area contributed by atoms with Gasteiger partial charge in [-0.3, -0.25) is 4.79 Å². The predicted octanol–water partition coefficient (Wildman–Crippen LogP) is 2.36. The van der Waals surface area contributed by atoms with Gasteiger partial charge >= 0.3 is 6.18 Å². The van der Waals surface area contributed by atoms with Crippen LogP contribution in [0.4, 0.5) is 24.0 Å². The summed E-state index contributed by atoms with van der Waals surface area (Å²) in [6, 6.07) is 4.56. The summed E-state index contributed by atoms with van der Waals surface area (Å²) in [7, 11) is -3.51. The molecule has 180 valence electrons. The predicted molar refractivity (Wildman–Crippen MR) is 118 cm³/mol. The van der Waals surface area contributed by atoms with Crippen LogP contribution in [0.5, 0.6) is 0 Å². The normalized spacial score (nSPS) is 18.0. The number of sulfone groups is 1. The summed E-state index contributed by atoms with van der Waals surface area (Å²) in [6.07, 6.45) is -2.52. The zero-order valence-electron chi connectivity index (χ0n) is 17.8. The van der Waals surface area contributed by atoms with E-state index >= 15 is 0 Å². The third-order valence-corrected chi connectivity index (χ3v) is 7.80. The zero-order chi connectivity index (χ0) is 23.8. The minimum Gasteiger partial charge on any atom is -0.378 e. The monoisotopic (exact) mass is 504 g/mol. The molecular formula is C20H23F3N4O4S2. The molecule has 0 spiro atoms. The summed E-state index contributed by atoms with van der Waals surface area (Å²) >= 11 is 0.579. The fourth-order valence-corrected chi connectivity index (χ4v) is 5.29. The molecule has 0 unspecified atom stereocenters. The number of ether oxygens (including phenoxy) is 1. The third kappa shape index (κ3) is 5.25.